The third kappa shape index (κ3) is 7.30. The topological polar surface area (TPSA) is 25.8 Å². The van der Waals surface area contributed by atoms with Crippen LogP contribution >= 0.6 is 31.9 Å². The zero-order valence-corrected chi connectivity index (χ0v) is 34.7. The highest BCUT2D eigenvalue weighted by Gasteiger charge is 2.18. The lowest BCUT2D eigenvalue weighted by molar-refractivity contribution is 0.590. The number of nitrogens with zero attached hydrogens (tertiary/aromatic N) is 2. The summed E-state index contributed by atoms with van der Waals surface area (Å²) in [5.74, 6) is 0. The Morgan fingerprint density at radius 3 is 1.00 bits per heavy atom. The smallest absolute Gasteiger partial charge is 0.0716 e. The minimum atomic E-state index is 0.0754. The lowest BCUT2D eigenvalue weighted by Gasteiger charge is -2.20. The fourth-order valence-electron chi connectivity index (χ4n) is 7.12. The van der Waals surface area contributed by atoms with Crippen molar-refractivity contribution in [3.63, 3.8) is 0 Å². The molecule has 0 bridgehead atoms. The summed E-state index contributed by atoms with van der Waals surface area (Å²) in [4.78, 5) is 10.4. The molecule has 0 fully saturated rings. The molecular weight excluding hydrogens is 788 g/mol. The average molecular weight is 831 g/mol. The molecule has 0 spiro atoms. The maximum absolute atomic E-state index is 5.20. The summed E-state index contributed by atoms with van der Waals surface area (Å²) >= 11 is 7.19. The number of aromatic nitrogens is 2. The van der Waals surface area contributed by atoms with Crippen LogP contribution in [0.2, 0.25) is 0 Å². The van der Waals surface area contributed by atoms with E-state index in [1.165, 1.54) is 33.4 Å². The van der Waals surface area contributed by atoms with Crippen molar-refractivity contribution in [2.75, 3.05) is 0 Å². The highest BCUT2D eigenvalue weighted by molar-refractivity contribution is 9.10. The molecule has 2 heterocycles. The molecule has 0 amide bonds. The van der Waals surface area contributed by atoms with Gasteiger partial charge in [0.15, 0.2) is 0 Å². The van der Waals surface area contributed by atoms with Crippen LogP contribution in [0.3, 0.4) is 0 Å². The largest absolute Gasteiger partial charge is 0.248 e. The lowest BCUT2D eigenvalue weighted by atomic mass is 9.85. The van der Waals surface area contributed by atoms with Crippen molar-refractivity contribution in [1.29, 1.82) is 0 Å². The summed E-state index contributed by atoms with van der Waals surface area (Å²) in [5.41, 5.74) is 15.8. The quantitative estimate of drug-likeness (QED) is 0.173. The second kappa shape index (κ2) is 14.1. The average Bonchev–Trinajstić information content (AvgIpc) is 3.16. The molecule has 0 saturated carbocycles. The molecular formula is C50H42Br2N2. The van der Waals surface area contributed by atoms with Gasteiger partial charge in [-0.3, -0.25) is 0 Å². The fourth-order valence-corrected chi connectivity index (χ4v) is 7.65. The fraction of sp³-hybridized carbons (Fsp3) is 0.160. The van der Waals surface area contributed by atoms with E-state index in [1.807, 2.05) is 0 Å². The van der Waals surface area contributed by atoms with Crippen LogP contribution in [0.25, 0.3) is 77.7 Å². The van der Waals surface area contributed by atoms with Crippen molar-refractivity contribution in [3.8, 4) is 55.9 Å². The summed E-state index contributed by atoms with van der Waals surface area (Å²) in [6.45, 7) is 13.6. The van der Waals surface area contributed by atoms with E-state index >= 15 is 0 Å². The Bertz CT molecular complexity index is 2460. The summed E-state index contributed by atoms with van der Waals surface area (Å²) in [7, 11) is 0. The number of hydrogen-bond acceptors (Lipinski definition) is 2. The Hall–Kier alpha value is -4.90. The van der Waals surface area contributed by atoms with E-state index in [1.54, 1.807) is 0 Å². The van der Waals surface area contributed by atoms with Crippen molar-refractivity contribution in [2.45, 2.75) is 52.4 Å². The van der Waals surface area contributed by atoms with Crippen LogP contribution in [0.15, 0.2) is 155 Å². The van der Waals surface area contributed by atoms with Gasteiger partial charge in [0.2, 0.25) is 0 Å². The van der Waals surface area contributed by atoms with Gasteiger partial charge in [-0.1, -0.05) is 158 Å². The number of benzene rings is 6. The minimum Gasteiger partial charge on any atom is -0.248 e. The van der Waals surface area contributed by atoms with E-state index in [0.29, 0.717) is 0 Å². The molecule has 6 aromatic carbocycles. The van der Waals surface area contributed by atoms with Crippen molar-refractivity contribution < 1.29 is 0 Å². The van der Waals surface area contributed by atoms with Gasteiger partial charge in [-0.25, -0.2) is 9.97 Å². The molecule has 54 heavy (non-hydrogen) atoms. The first-order valence-electron chi connectivity index (χ1n) is 18.4. The van der Waals surface area contributed by atoms with Crippen LogP contribution in [0.4, 0.5) is 0 Å². The van der Waals surface area contributed by atoms with Crippen LogP contribution in [0.5, 0.6) is 0 Å². The summed E-state index contributed by atoms with van der Waals surface area (Å²) in [5, 5.41) is 2.25. The monoisotopic (exact) mass is 828 g/mol. The number of halogens is 2. The van der Waals surface area contributed by atoms with Crippen LogP contribution < -0.4 is 0 Å². The maximum Gasteiger partial charge on any atom is 0.0716 e. The first kappa shape index (κ1) is 36.1. The maximum atomic E-state index is 5.20. The van der Waals surface area contributed by atoms with E-state index in [4.69, 9.17) is 9.97 Å². The van der Waals surface area contributed by atoms with Gasteiger partial charge in [0.25, 0.3) is 0 Å². The second-order valence-corrected chi connectivity index (χ2v) is 18.1. The van der Waals surface area contributed by atoms with E-state index in [-0.39, 0.29) is 10.8 Å². The first-order chi connectivity index (χ1) is 25.8. The highest BCUT2D eigenvalue weighted by Crippen LogP contribution is 2.39. The van der Waals surface area contributed by atoms with E-state index < -0.39 is 0 Å². The third-order valence-corrected chi connectivity index (χ3v) is 11.4. The predicted molar refractivity (Wildman–Crippen MR) is 237 cm³/mol. The number of rotatable bonds is 5. The molecule has 0 aliphatic heterocycles. The van der Waals surface area contributed by atoms with Gasteiger partial charge >= 0.3 is 0 Å². The Balaban J connectivity index is 1.30. The minimum absolute atomic E-state index is 0.0754. The second-order valence-electron chi connectivity index (χ2n) is 16.2. The Morgan fingerprint density at radius 1 is 0.352 bits per heavy atom. The summed E-state index contributed by atoms with van der Waals surface area (Å²) in [6, 6.07) is 52.7. The molecule has 8 rings (SSSR count). The third-order valence-electron chi connectivity index (χ3n) is 10.4. The Morgan fingerprint density at radius 2 is 0.667 bits per heavy atom. The van der Waals surface area contributed by atoms with Crippen LogP contribution in [0, 0.1) is 0 Å². The highest BCUT2D eigenvalue weighted by atomic mass is 79.9. The standard InChI is InChI=1S/C50H42Br2N2/c1-49(2,3)37-17-7-31(8-18-37)41-29-47(33-11-21-39(51)22-12-33)53-45-25-15-35(27-43(41)45)36-16-26-46-44(28-36)42(32-9-19-38(20-10-32)50(4,5)6)30-48(54-46)34-13-23-40(52)24-14-34/h7-30H,1-6H3. The lowest BCUT2D eigenvalue weighted by Crippen LogP contribution is -2.10. The summed E-state index contributed by atoms with van der Waals surface area (Å²) < 4.78 is 2.10. The summed E-state index contributed by atoms with van der Waals surface area (Å²) in [6.07, 6.45) is 0. The molecule has 2 aromatic heterocycles. The zero-order chi connectivity index (χ0) is 37.8. The van der Waals surface area contributed by atoms with E-state index in [0.717, 1.165) is 64.4 Å². The van der Waals surface area contributed by atoms with Gasteiger partial charge in [0.05, 0.1) is 22.4 Å². The Labute approximate surface area is 335 Å². The van der Waals surface area contributed by atoms with E-state index in [2.05, 4.69) is 219 Å². The molecule has 0 radical (unpaired) electrons. The van der Waals surface area contributed by atoms with Gasteiger partial charge in [-0.05, 0) is 116 Å². The normalized spacial score (nSPS) is 12.1. The molecule has 0 atom stereocenters. The van der Waals surface area contributed by atoms with Gasteiger partial charge < -0.3 is 0 Å². The first-order valence-corrected chi connectivity index (χ1v) is 20.0. The molecule has 0 aliphatic carbocycles. The van der Waals surface area contributed by atoms with E-state index in [9.17, 15) is 0 Å². The van der Waals surface area contributed by atoms with Crippen molar-refractivity contribution in [2.24, 2.45) is 0 Å². The molecule has 266 valence electrons. The SMILES string of the molecule is CC(C)(C)c1ccc(-c2cc(-c3ccc(Br)cc3)nc3ccc(-c4ccc5nc(-c6ccc(Br)cc6)cc(-c6ccc(C(C)(C)C)cc6)c5c4)cc23)cc1. The molecule has 2 nitrogen and oxygen atoms in total. The van der Waals surface area contributed by atoms with Gasteiger partial charge in [-0.2, -0.15) is 0 Å². The van der Waals surface area contributed by atoms with Crippen LogP contribution in [0.1, 0.15) is 52.7 Å². The van der Waals surface area contributed by atoms with Crippen molar-refractivity contribution in [1.82, 2.24) is 9.97 Å². The molecule has 0 unspecified atom stereocenters. The van der Waals surface area contributed by atoms with Crippen LogP contribution in [-0.2, 0) is 10.8 Å². The Kier molecular flexibility index (Phi) is 9.40. The number of pyridine rings is 2. The van der Waals surface area contributed by atoms with Gasteiger partial charge in [0, 0.05) is 30.8 Å². The van der Waals surface area contributed by atoms with Crippen molar-refractivity contribution in [3.05, 3.63) is 166 Å². The molecule has 0 aliphatic rings. The number of hydrogen-bond donors (Lipinski definition) is 0. The van der Waals surface area contributed by atoms with Gasteiger partial charge in [0.1, 0.15) is 0 Å². The predicted octanol–water partition coefficient (Wildman–Crippen LogP) is 15.2. The number of fused-ring (bicyclic) bond motifs is 2. The zero-order valence-electron chi connectivity index (χ0n) is 31.5. The van der Waals surface area contributed by atoms with Crippen molar-refractivity contribution >= 4 is 53.7 Å². The molecule has 0 saturated heterocycles. The molecule has 0 N–H and O–H groups in total. The van der Waals surface area contributed by atoms with Crippen LogP contribution in [-0.4, -0.2) is 9.97 Å². The molecule has 4 heteroatoms. The van der Waals surface area contributed by atoms with Gasteiger partial charge in [-0.15, -0.1) is 0 Å². The molecule has 8 aromatic rings.